The number of likely N-dealkylation sites (tertiary alicyclic amines) is 1. The van der Waals surface area contributed by atoms with E-state index in [2.05, 4.69) is 5.32 Å². The molecule has 3 atom stereocenters. The van der Waals surface area contributed by atoms with E-state index in [1.54, 1.807) is 36.4 Å². The number of amides is 1. The molecule has 0 aliphatic carbocycles. The molecule has 2 aliphatic heterocycles. The van der Waals surface area contributed by atoms with Gasteiger partial charge in [-0.3, -0.25) is 14.5 Å². The molecule has 1 fully saturated rings. The Morgan fingerprint density at radius 1 is 1.10 bits per heavy atom. The zero-order chi connectivity index (χ0) is 20.8. The molecule has 154 valence electrons. The summed E-state index contributed by atoms with van der Waals surface area (Å²) in [5, 5.41) is 3.31. The maximum atomic E-state index is 12.8. The van der Waals surface area contributed by atoms with Crippen LogP contribution in [-0.2, 0) is 6.54 Å². The zero-order valence-corrected chi connectivity index (χ0v) is 18.3. The predicted molar refractivity (Wildman–Crippen MR) is 116 cm³/mol. The van der Waals surface area contributed by atoms with Gasteiger partial charge in [0.1, 0.15) is 6.17 Å². The van der Waals surface area contributed by atoms with E-state index in [1.807, 2.05) is 15.5 Å². The highest BCUT2D eigenvalue weighted by molar-refractivity contribution is 6.68. The van der Waals surface area contributed by atoms with E-state index in [1.165, 1.54) is 0 Å². The average molecular weight is 475 g/mol. The summed E-state index contributed by atoms with van der Waals surface area (Å²) in [5.74, 6) is 0.00442. The second-order valence-electron chi connectivity index (χ2n) is 7.58. The molecular formula is C20H19Cl4N3O2. The topological polar surface area (TPSA) is 54.3 Å². The van der Waals surface area contributed by atoms with Gasteiger partial charge in [-0.25, -0.2) is 0 Å². The Labute approximate surface area is 188 Å². The van der Waals surface area contributed by atoms with Crippen molar-refractivity contribution in [3.8, 4) is 0 Å². The van der Waals surface area contributed by atoms with Crippen molar-refractivity contribution in [2.75, 3.05) is 13.1 Å². The second kappa shape index (κ2) is 8.12. The van der Waals surface area contributed by atoms with Crippen LogP contribution in [0.1, 0.15) is 28.4 Å². The van der Waals surface area contributed by atoms with Crippen LogP contribution in [0.3, 0.4) is 0 Å². The third-order valence-electron chi connectivity index (χ3n) is 5.54. The summed E-state index contributed by atoms with van der Waals surface area (Å²) in [6.45, 7) is 1.82. The second-order valence-corrected chi connectivity index (χ2v) is 10.4. The van der Waals surface area contributed by atoms with Gasteiger partial charge in [-0.2, -0.15) is 0 Å². The van der Waals surface area contributed by atoms with Crippen molar-refractivity contribution in [1.29, 1.82) is 0 Å². The number of alkyl halides is 3. The van der Waals surface area contributed by atoms with E-state index in [0.29, 0.717) is 30.2 Å². The maximum absolute atomic E-state index is 12.8. The Kier molecular flexibility index (Phi) is 5.88. The van der Waals surface area contributed by atoms with Crippen LogP contribution in [0.5, 0.6) is 0 Å². The van der Waals surface area contributed by atoms with Crippen LogP contribution >= 0.6 is 46.4 Å². The van der Waals surface area contributed by atoms with Gasteiger partial charge in [0, 0.05) is 47.9 Å². The van der Waals surface area contributed by atoms with Crippen LogP contribution in [0.15, 0.2) is 47.3 Å². The third kappa shape index (κ3) is 4.44. The van der Waals surface area contributed by atoms with E-state index < -0.39 is 9.96 Å². The van der Waals surface area contributed by atoms with Crippen molar-refractivity contribution < 1.29 is 4.79 Å². The fourth-order valence-corrected chi connectivity index (χ4v) is 5.13. The molecule has 0 spiro atoms. The average Bonchev–Trinajstić information content (AvgIpc) is 2.66. The fraction of sp³-hybridized carbons (Fsp3) is 0.400. The van der Waals surface area contributed by atoms with Crippen molar-refractivity contribution in [3.63, 3.8) is 0 Å². The first-order valence-corrected chi connectivity index (χ1v) is 10.8. The third-order valence-corrected chi connectivity index (χ3v) is 6.39. The monoisotopic (exact) mass is 473 g/mol. The van der Waals surface area contributed by atoms with Crippen LogP contribution < -0.4 is 10.9 Å². The molecule has 0 radical (unpaired) electrons. The van der Waals surface area contributed by atoms with Crippen molar-refractivity contribution in [2.24, 2.45) is 5.92 Å². The molecule has 2 aromatic rings. The van der Waals surface area contributed by atoms with Crippen LogP contribution in [-0.4, -0.2) is 38.4 Å². The Hall–Kier alpha value is -1.24. The van der Waals surface area contributed by atoms with Crippen LogP contribution in [0.2, 0.25) is 5.02 Å². The van der Waals surface area contributed by atoms with Crippen LogP contribution in [0.4, 0.5) is 0 Å². The summed E-state index contributed by atoms with van der Waals surface area (Å²) in [6, 6.07) is 11.9. The van der Waals surface area contributed by atoms with E-state index in [0.717, 1.165) is 12.1 Å². The van der Waals surface area contributed by atoms with Gasteiger partial charge in [0.05, 0.1) is 0 Å². The molecule has 2 aliphatic rings. The number of piperidine rings is 1. The molecule has 29 heavy (non-hydrogen) atoms. The first-order valence-electron chi connectivity index (χ1n) is 9.29. The number of carbonyl (C=O) groups excluding carboxylic acids is 1. The SMILES string of the molecule is O=C(NC(N1C[C@@H]2C[C@@H](C1)c1cccc(=O)n1C2)C(Cl)(Cl)Cl)c1cccc(Cl)c1. The number of carbonyl (C=O) groups is 1. The van der Waals surface area contributed by atoms with Gasteiger partial charge in [-0.05, 0) is 36.6 Å². The van der Waals surface area contributed by atoms with E-state index >= 15 is 0 Å². The van der Waals surface area contributed by atoms with Gasteiger partial charge in [0.15, 0.2) is 0 Å². The van der Waals surface area contributed by atoms with Gasteiger partial charge in [-0.15, -0.1) is 0 Å². The number of nitrogens with zero attached hydrogens (tertiary/aromatic N) is 2. The Balaban J connectivity index is 1.59. The van der Waals surface area contributed by atoms with E-state index in [-0.39, 0.29) is 23.3 Å². The molecule has 4 rings (SSSR count). The molecule has 1 aromatic carbocycles. The maximum Gasteiger partial charge on any atom is 0.252 e. The fourth-order valence-electron chi connectivity index (χ4n) is 4.36. The molecule has 2 bridgehead atoms. The van der Waals surface area contributed by atoms with Crippen molar-refractivity contribution in [3.05, 3.63) is 69.1 Å². The number of benzene rings is 1. The smallest absolute Gasteiger partial charge is 0.252 e. The normalized spacial score (nSPS) is 22.6. The molecule has 1 amide bonds. The first kappa shape index (κ1) is 21.0. The summed E-state index contributed by atoms with van der Waals surface area (Å²) >= 11 is 24.8. The summed E-state index contributed by atoms with van der Waals surface area (Å²) in [6.07, 6.45) is 0.153. The van der Waals surface area contributed by atoms with Gasteiger partial charge in [0.25, 0.3) is 11.5 Å². The zero-order valence-electron chi connectivity index (χ0n) is 15.3. The van der Waals surface area contributed by atoms with Crippen LogP contribution in [0.25, 0.3) is 0 Å². The molecule has 3 heterocycles. The van der Waals surface area contributed by atoms with Crippen molar-refractivity contribution in [1.82, 2.24) is 14.8 Å². The molecule has 0 saturated carbocycles. The molecule has 1 aromatic heterocycles. The Morgan fingerprint density at radius 3 is 2.59 bits per heavy atom. The largest absolute Gasteiger partial charge is 0.332 e. The summed E-state index contributed by atoms with van der Waals surface area (Å²) in [4.78, 5) is 27.0. The number of rotatable bonds is 3. The predicted octanol–water partition coefficient (Wildman–Crippen LogP) is 4.05. The lowest BCUT2D eigenvalue weighted by Gasteiger charge is -2.47. The number of hydrogen-bond donors (Lipinski definition) is 1. The van der Waals surface area contributed by atoms with Gasteiger partial charge in [-0.1, -0.05) is 58.5 Å². The molecule has 1 unspecified atom stereocenters. The van der Waals surface area contributed by atoms with Crippen molar-refractivity contribution in [2.45, 2.75) is 28.8 Å². The highest BCUT2D eigenvalue weighted by Crippen LogP contribution is 2.40. The minimum absolute atomic E-state index is 0.0119. The lowest BCUT2D eigenvalue weighted by atomic mass is 9.83. The number of fused-ring (bicyclic) bond motifs is 4. The lowest BCUT2D eigenvalue weighted by molar-refractivity contribution is 0.0586. The highest BCUT2D eigenvalue weighted by atomic mass is 35.6. The van der Waals surface area contributed by atoms with Gasteiger partial charge in [0.2, 0.25) is 3.79 Å². The summed E-state index contributed by atoms with van der Waals surface area (Å²) in [7, 11) is 0. The first-order chi connectivity index (χ1) is 13.7. The number of nitrogens with one attached hydrogen (secondary N) is 1. The molecular weight excluding hydrogens is 456 g/mol. The molecule has 9 heteroatoms. The number of halogens is 4. The van der Waals surface area contributed by atoms with Gasteiger partial charge < -0.3 is 9.88 Å². The van der Waals surface area contributed by atoms with Crippen LogP contribution in [0, 0.1) is 5.92 Å². The Bertz CT molecular complexity index is 988. The summed E-state index contributed by atoms with van der Waals surface area (Å²) < 4.78 is 0.112. The molecule has 1 N–H and O–H groups in total. The minimum atomic E-state index is -1.73. The molecule has 5 nitrogen and oxygen atoms in total. The number of hydrogen-bond acceptors (Lipinski definition) is 3. The quantitative estimate of drug-likeness (QED) is 0.682. The Morgan fingerprint density at radius 2 is 1.86 bits per heavy atom. The lowest BCUT2D eigenvalue weighted by Crippen LogP contribution is -2.60. The number of aromatic nitrogens is 1. The minimum Gasteiger partial charge on any atom is -0.332 e. The molecule has 1 saturated heterocycles. The summed E-state index contributed by atoms with van der Waals surface area (Å²) in [5.41, 5.74) is 1.39. The van der Waals surface area contributed by atoms with E-state index in [9.17, 15) is 9.59 Å². The van der Waals surface area contributed by atoms with E-state index in [4.69, 9.17) is 46.4 Å². The van der Waals surface area contributed by atoms with Crippen molar-refractivity contribution >= 4 is 52.3 Å². The highest BCUT2D eigenvalue weighted by Gasteiger charge is 2.44. The van der Waals surface area contributed by atoms with Gasteiger partial charge >= 0.3 is 0 Å². The standard InChI is InChI=1S/C20H19Cl4N3O2/c21-15-4-1-3-13(8-15)18(29)25-19(20(22,23)24)26-9-12-7-14(11-26)16-5-2-6-17(28)27(16)10-12/h1-6,8,12,14,19H,7,9-11H2,(H,25,29)/t12-,14-,19?/m0/s1. The number of pyridine rings is 1.